The van der Waals surface area contributed by atoms with Gasteiger partial charge in [-0.1, -0.05) is 0 Å². The van der Waals surface area contributed by atoms with Gasteiger partial charge in [-0.3, -0.25) is 0 Å². The SMILES string of the molecule is O=S1(=O)N=C(c2ccc(F)cc2)Nc2ccc(S(=O)(=O)N3CCOCC3)cc21. The molecule has 1 N–H and O–H groups in total. The van der Waals surface area contributed by atoms with Gasteiger partial charge in [-0.25, -0.2) is 12.8 Å². The third kappa shape index (κ3) is 3.41. The topological polar surface area (TPSA) is 105 Å². The first-order chi connectivity index (χ1) is 13.3. The van der Waals surface area contributed by atoms with Gasteiger partial charge in [0.2, 0.25) is 10.0 Å². The number of ether oxygens (including phenoxy) is 1. The van der Waals surface area contributed by atoms with E-state index in [4.69, 9.17) is 4.74 Å². The van der Waals surface area contributed by atoms with Crippen molar-refractivity contribution in [3.05, 3.63) is 53.8 Å². The van der Waals surface area contributed by atoms with Crippen molar-refractivity contribution in [2.45, 2.75) is 9.79 Å². The predicted molar refractivity (Wildman–Crippen MR) is 99.8 cm³/mol. The molecule has 148 valence electrons. The number of benzene rings is 2. The first kappa shape index (κ1) is 19.0. The van der Waals surface area contributed by atoms with Crippen LogP contribution in [0.25, 0.3) is 0 Å². The fourth-order valence-electron chi connectivity index (χ4n) is 2.97. The first-order valence-corrected chi connectivity index (χ1v) is 11.3. The summed E-state index contributed by atoms with van der Waals surface area (Å²) in [5.41, 5.74) is 0.593. The standard InChI is InChI=1S/C17H16FN3O5S2/c18-13-3-1-12(2-4-13)17-19-15-6-5-14(11-16(15)27(22,23)20-17)28(24,25)21-7-9-26-10-8-21/h1-6,11H,7-10H2,(H,19,20). The maximum Gasteiger partial charge on any atom is 0.286 e. The van der Waals surface area contributed by atoms with E-state index in [9.17, 15) is 21.2 Å². The van der Waals surface area contributed by atoms with Crippen LogP contribution in [-0.4, -0.2) is 53.3 Å². The molecule has 2 aromatic carbocycles. The quantitative estimate of drug-likeness (QED) is 0.797. The molecule has 0 aromatic heterocycles. The van der Waals surface area contributed by atoms with Gasteiger partial charge >= 0.3 is 0 Å². The molecule has 2 aromatic rings. The molecule has 2 aliphatic heterocycles. The number of nitrogens with zero attached hydrogens (tertiary/aromatic N) is 2. The molecule has 0 spiro atoms. The first-order valence-electron chi connectivity index (χ1n) is 8.37. The van der Waals surface area contributed by atoms with Crippen LogP contribution in [0.5, 0.6) is 0 Å². The molecule has 1 saturated heterocycles. The van der Waals surface area contributed by atoms with Crippen LogP contribution in [0, 0.1) is 5.82 Å². The zero-order valence-corrected chi connectivity index (χ0v) is 16.1. The summed E-state index contributed by atoms with van der Waals surface area (Å²) in [4.78, 5) is -0.355. The molecule has 1 fully saturated rings. The van der Waals surface area contributed by atoms with Gasteiger partial charge in [-0.15, -0.1) is 4.40 Å². The van der Waals surface area contributed by atoms with Crippen molar-refractivity contribution in [1.82, 2.24) is 4.31 Å². The summed E-state index contributed by atoms with van der Waals surface area (Å²) in [7, 11) is -7.98. The van der Waals surface area contributed by atoms with Crippen molar-refractivity contribution in [3.63, 3.8) is 0 Å². The molecular weight excluding hydrogens is 409 g/mol. The molecule has 0 aliphatic carbocycles. The number of rotatable bonds is 3. The van der Waals surface area contributed by atoms with E-state index in [0.717, 1.165) is 6.07 Å². The molecule has 0 saturated carbocycles. The van der Waals surface area contributed by atoms with Gasteiger partial charge in [-0.05, 0) is 42.5 Å². The molecule has 2 aliphatic rings. The number of sulfonamides is 2. The molecule has 2 heterocycles. The molecule has 0 bridgehead atoms. The van der Waals surface area contributed by atoms with Crippen LogP contribution < -0.4 is 5.32 Å². The van der Waals surface area contributed by atoms with Crippen LogP contribution in [0.1, 0.15) is 5.56 Å². The summed E-state index contributed by atoms with van der Waals surface area (Å²) >= 11 is 0. The molecule has 28 heavy (non-hydrogen) atoms. The summed E-state index contributed by atoms with van der Waals surface area (Å²) in [6, 6.07) is 9.03. The van der Waals surface area contributed by atoms with Crippen LogP contribution in [0.15, 0.2) is 56.7 Å². The van der Waals surface area contributed by atoms with Gasteiger partial charge < -0.3 is 10.1 Å². The average molecular weight is 425 g/mol. The maximum atomic E-state index is 13.1. The molecule has 0 unspecified atom stereocenters. The largest absolute Gasteiger partial charge is 0.379 e. The lowest BCUT2D eigenvalue weighted by molar-refractivity contribution is 0.0730. The van der Waals surface area contributed by atoms with E-state index in [1.807, 2.05) is 0 Å². The molecular formula is C17H16FN3O5S2. The molecule has 0 atom stereocenters. The average Bonchev–Trinajstić information content (AvgIpc) is 2.68. The smallest absolute Gasteiger partial charge is 0.286 e. The van der Waals surface area contributed by atoms with Gasteiger partial charge in [-0.2, -0.15) is 12.7 Å². The van der Waals surface area contributed by atoms with E-state index >= 15 is 0 Å². The fraction of sp³-hybridized carbons (Fsp3) is 0.235. The number of fused-ring (bicyclic) bond motifs is 1. The Morgan fingerprint density at radius 1 is 1.07 bits per heavy atom. The second-order valence-electron chi connectivity index (χ2n) is 6.22. The zero-order chi connectivity index (χ0) is 19.9. The number of nitrogens with one attached hydrogen (secondary N) is 1. The highest BCUT2D eigenvalue weighted by Crippen LogP contribution is 2.32. The van der Waals surface area contributed by atoms with Crippen LogP contribution in [-0.2, 0) is 24.8 Å². The van der Waals surface area contributed by atoms with E-state index in [1.165, 1.54) is 40.7 Å². The van der Waals surface area contributed by atoms with Gasteiger partial charge in [0.05, 0.1) is 23.8 Å². The van der Waals surface area contributed by atoms with Gasteiger partial charge in [0, 0.05) is 18.7 Å². The van der Waals surface area contributed by atoms with Gasteiger partial charge in [0.25, 0.3) is 10.0 Å². The number of halogens is 1. The van der Waals surface area contributed by atoms with Crippen LogP contribution in [0.4, 0.5) is 10.1 Å². The Labute approximate surface area is 161 Å². The molecule has 8 nitrogen and oxygen atoms in total. The van der Waals surface area contributed by atoms with E-state index in [2.05, 4.69) is 9.71 Å². The zero-order valence-electron chi connectivity index (χ0n) is 14.5. The fourth-order valence-corrected chi connectivity index (χ4v) is 5.64. The van der Waals surface area contributed by atoms with Crippen LogP contribution in [0.3, 0.4) is 0 Å². The van der Waals surface area contributed by atoms with E-state index < -0.39 is 25.9 Å². The second-order valence-corrected chi connectivity index (χ2v) is 9.73. The lowest BCUT2D eigenvalue weighted by atomic mass is 10.2. The van der Waals surface area contributed by atoms with Crippen LogP contribution in [0.2, 0.25) is 0 Å². The minimum Gasteiger partial charge on any atom is -0.379 e. The molecule has 0 radical (unpaired) electrons. The highest BCUT2D eigenvalue weighted by Gasteiger charge is 2.31. The predicted octanol–water partition coefficient (Wildman–Crippen LogP) is 1.41. The van der Waals surface area contributed by atoms with E-state index in [-0.39, 0.29) is 47.6 Å². The Bertz CT molecular complexity index is 1160. The number of amidine groups is 1. The molecule has 0 amide bonds. The highest BCUT2D eigenvalue weighted by molar-refractivity contribution is 7.91. The van der Waals surface area contributed by atoms with Gasteiger partial charge in [0.1, 0.15) is 10.7 Å². The number of hydrogen-bond acceptors (Lipinski definition) is 6. The van der Waals surface area contributed by atoms with Crippen LogP contribution >= 0.6 is 0 Å². The summed E-state index contributed by atoms with van der Waals surface area (Å²) in [6.07, 6.45) is 0. The van der Waals surface area contributed by atoms with Crippen molar-refractivity contribution in [2.24, 2.45) is 4.40 Å². The van der Waals surface area contributed by atoms with E-state index in [0.29, 0.717) is 5.56 Å². The lowest BCUT2D eigenvalue weighted by Gasteiger charge is -2.26. The second kappa shape index (κ2) is 6.92. The minimum absolute atomic E-state index is 0.0382. The molecule has 4 rings (SSSR count). The van der Waals surface area contributed by atoms with Crippen molar-refractivity contribution in [3.8, 4) is 0 Å². The lowest BCUT2D eigenvalue weighted by Crippen LogP contribution is -2.40. The Kier molecular flexibility index (Phi) is 4.70. The van der Waals surface area contributed by atoms with Gasteiger partial charge in [0.15, 0.2) is 5.84 Å². The summed E-state index contributed by atoms with van der Waals surface area (Å²) in [6.45, 7) is 0.985. The van der Waals surface area contributed by atoms with Crippen molar-refractivity contribution < 1.29 is 26.0 Å². The Hall–Kier alpha value is -2.34. The van der Waals surface area contributed by atoms with Crippen molar-refractivity contribution in [1.29, 1.82) is 0 Å². The normalized spacial score (nSPS) is 19.4. The number of hydrogen-bond donors (Lipinski definition) is 1. The highest BCUT2D eigenvalue weighted by atomic mass is 32.2. The number of morpholine rings is 1. The molecule has 11 heteroatoms. The summed E-state index contributed by atoms with van der Waals surface area (Å²) in [5.74, 6) is -0.419. The Balaban J connectivity index is 1.72. The monoisotopic (exact) mass is 425 g/mol. The summed E-state index contributed by atoms with van der Waals surface area (Å²) < 4.78 is 74.1. The summed E-state index contributed by atoms with van der Waals surface area (Å²) in [5, 5.41) is 2.87. The Morgan fingerprint density at radius 2 is 1.75 bits per heavy atom. The van der Waals surface area contributed by atoms with Crippen molar-refractivity contribution >= 4 is 31.6 Å². The maximum absolute atomic E-state index is 13.1. The Morgan fingerprint density at radius 3 is 2.43 bits per heavy atom. The minimum atomic E-state index is -4.14. The third-order valence-corrected chi connectivity index (χ3v) is 7.63. The van der Waals surface area contributed by atoms with E-state index in [1.54, 1.807) is 0 Å². The number of anilines is 1. The third-order valence-electron chi connectivity index (χ3n) is 4.42. The van der Waals surface area contributed by atoms with Crippen molar-refractivity contribution in [2.75, 3.05) is 31.6 Å².